The van der Waals surface area contributed by atoms with E-state index in [1.54, 1.807) is 30.3 Å². The molecular formula is C23H17Br2NO4. The number of hydrogen-bond acceptors (Lipinski definition) is 3. The number of carboxylic acids is 1. The second kappa shape index (κ2) is 10.2. The van der Waals surface area contributed by atoms with Crippen LogP contribution in [-0.2, 0) is 16.0 Å². The summed E-state index contributed by atoms with van der Waals surface area (Å²) in [5.41, 5.74) is 1.20. The standard InChI is InChI=1S/C23H17Br2NO4/c24-17-5-3-4-16(12-17)14-22(27)26-20(23(28)29)13-15-8-10-18(11-9-15)30-21-7-2-1-6-19(21)25/h1-13H,14H2,(H,26,27)(H,28,29)/b20-13+. The Bertz CT molecular complexity index is 1090. The van der Waals surface area contributed by atoms with Crippen LogP contribution in [-0.4, -0.2) is 17.0 Å². The smallest absolute Gasteiger partial charge is 0.352 e. The fraction of sp³-hybridized carbons (Fsp3) is 0.0435. The van der Waals surface area contributed by atoms with Crippen molar-refractivity contribution in [3.8, 4) is 11.5 Å². The lowest BCUT2D eigenvalue weighted by Crippen LogP contribution is -2.28. The van der Waals surface area contributed by atoms with Crippen LogP contribution in [0, 0.1) is 0 Å². The lowest BCUT2D eigenvalue weighted by Gasteiger charge is -2.09. The van der Waals surface area contributed by atoms with Crippen molar-refractivity contribution in [1.82, 2.24) is 5.32 Å². The Balaban J connectivity index is 1.69. The molecule has 1 amide bonds. The van der Waals surface area contributed by atoms with Gasteiger partial charge in [0.25, 0.3) is 0 Å². The number of rotatable bonds is 7. The first-order valence-electron chi connectivity index (χ1n) is 8.92. The Hall–Kier alpha value is -2.90. The highest BCUT2D eigenvalue weighted by Gasteiger charge is 2.12. The van der Waals surface area contributed by atoms with E-state index in [0.717, 1.165) is 14.5 Å². The van der Waals surface area contributed by atoms with Crippen LogP contribution >= 0.6 is 31.9 Å². The van der Waals surface area contributed by atoms with Crippen LogP contribution in [0.1, 0.15) is 11.1 Å². The van der Waals surface area contributed by atoms with E-state index in [0.29, 0.717) is 17.1 Å². The third-order valence-electron chi connectivity index (χ3n) is 4.01. The van der Waals surface area contributed by atoms with Crippen molar-refractivity contribution < 1.29 is 19.4 Å². The van der Waals surface area contributed by atoms with Crippen LogP contribution in [0.3, 0.4) is 0 Å². The van der Waals surface area contributed by atoms with Crippen LogP contribution in [0.2, 0.25) is 0 Å². The molecule has 0 aromatic heterocycles. The van der Waals surface area contributed by atoms with Gasteiger partial charge in [0.15, 0.2) is 0 Å². The first-order valence-corrected chi connectivity index (χ1v) is 10.5. The molecule has 3 aromatic rings. The molecule has 7 heteroatoms. The fourth-order valence-corrected chi connectivity index (χ4v) is 3.44. The Morgan fingerprint density at radius 1 is 0.967 bits per heavy atom. The van der Waals surface area contributed by atoms with E-state index in [2.05, 4.69) is 37.2 Å². The van der Waals surface area contributed by atoms with E-state index in [-0.39, 0.29) is 12.1 Å². The zero-order valence-electron chi connectivity index (χ0n) is 15.6. The molecule has 30 heavy (non-hydrogen) atoms. The average Bonchev–Trinajstić information content (AvgIpc) is 2.70. The minimum absolute atomic E-state index is 0.0722. The van der Waals surface area contributed by atoms with Crippen molar-refractivity contribution in [2.24, 2.45) is 0 Å². The van der Waals surface area contributed by atoms with E-state index >= 15 is 0 Å². The van der Waals surface area contributed by atoms with Crippen molar-refractivity contribution >= 4 is 49.8 Å². The summed E-state index contributed by atoms with van der Waals surface area (Å²) >= 11 is 6.78. The summed E-state index contributed by atoms with van der Waals surface area (Å²) in [6, 6.07) is 21.7. The molecule has 5 nitrogen and oxygen atoms in total. The van der Waals surface area contributed by atoms with Crippen LogP contribution in [0.4, 0.5) is 0 Å². The quantitative estimate of drug-likeness (QED) is 0.379. The summed E-state index contributed by atoms with van der Waals surface area (Å²) in [4.78, 5) is 23.8. The average molecular weight is 531 g/mol. The molecular weight excluding hydrogens is 514 g/mol. The van der Waals surface area contributed by atoms with Gasteiger partial charge < -0.3 is 15.2 Å². The van der Waals surface area contributed by atoms with Gasteiger partial charge in [0.1, 0.15) is 17.2 Å². The molecule has 2 N–H and O–H groups in total. The second-order valence-electron chi connectivity index (χ2n) is 6.32. The number of amides is 1. The predicted octanol–water partition coefficient (Wildman–Crippen LogP) is 5.79. The van der Waals surface area contributed by atoms with Gasteiger partial charge in [-0.05, 0) is 69.5 Å². The molecule has 0 saturated heterocycles. The van der Waals surface area contributed by atoms with Gasteiger partial charge >= 0.3 is 5.97 Å². The lowest BCUT2D eigenvalue weighted by molar-refractivity contribution is -0.134. The number of halogens is 2. The minimum atomic E-state index is -1.22. The van der Waals surface area contributed by atoms with Gasteiger partial charge in [0.2, 0.25) is 5.91 Å². The van der Waals surface area contributed by atoms with Crippen LogP contribution < -0.4 is 10.1 Å². The molecule has 0 fully saturated rings. The van der Waals surface area contributed by atoms with Crippen LogP contribution in [0.15, 0.2) is 87.4 Å². The largest absolute Gasteiger partial charge is 0.477 e. The number of carbonyl (C=O) groups is 2. The molecule has 0 atom stereocenters. The first-order chi connectivity index (χ1) is 14.4. The molecule has 0 unspecified atom stereocenters. The lowest BCUT2D eigenvalue weighted by atomic mass is 10.1. The van der Waals surface area contributed by atoms with Gasteiger partial charge in [-0.15, -0.1) is 0 Å². The van der Waals surface area contributed by atoms with E-state index in [1.165, 1.54) is 6.08 Å². The number of benzene rings is 3. The number of aliphatic carboxylic acids is 1. The molecule has 0 aliphatic heterocycles. The van der Waals surface area contributed by atoms with Gasteiger partial charge in [-0.1, -0.05) is 52.3 Å². The molecule has 3 aromatic carbocycles. The molecule has 0 aliphatic rings. The van der Waals surface area contributed by atoms with Crippen LogP contribution in [0.25, 0.3) is 6.08 Å². The number of para-hydroxylation sites is 1. The minimum Gasteiger partial charge on any atom is -0.477 e. The molecule has 152 valence electrons. The van der Waals surface area contributed by atoms with Gasteiger partial charge in [-0.3, -0.25) is 4.79 Å². The Labute approximate surface area is 190 Å². The third-order valence-corrected chi connectivity index (χ3v) is 5.16. The summed E-state index contributed by atoms with van der Waals surface area (Å²) in [6.45, 7) is 0. The summed E-state index contributed by atoms with van der Waals surface area (Å²) in [7, 11) is 0. The van der Waals surface area contributed by atoms with E-state index in [4.69, 9.17) is 4.74 Å². The zero-order valence-corrected chi connectivity index (χ0v) is 18.8. The van der Waals surface area contributed by atoms with Crippen molar-refractivity contribution in [2.45, 2.75) is 6.42 Å². The van der Waals surface area contributed by atoms with Gasteiger partial charge in [0, 0.05) is 4.47 Å². The maximum atomic E-state index is 12.3. The number of carboxylic acid groups (broad SMARTS) is 1. The van der Waals surface area contributed by atoms with E-state index in [1.807, 2.05) is 42.5 Å². The Kier molecular flexibility index (Phi) is 7.43. The highest BCUT2D eigenvalue weighted by molar-refractivity contribution is 9.10. The first kappa shape index (κ1) is 21.8. The maximum Gasteiger partial charge on any atom is 0.352 e. The molecule has 3 rings (SSSR count). The van der Waals surface area contributed by atoms with E-state index in [9.17, 15) is 14.7 Å². The molecule has 0 radical (unpaired) electrons. The number of ether oxygens (including phenoxy) is 1. The van der Waals surface area contributed by atoms with E-state index < -0.39 is 11.9 Å². The number of hydrogen-bond donors (Lipinski definition) is 2. The van der Waals surface area contributed by atoms with Crippen molar-refractivity contribution in [3.05, 3.63) is 98.6 Å². The molecule has 0 spiro atoms. The van der Waals surface area contributed by atoms with Gasteiger partial charge in [0.05, 0.1) is 10.9 Å². The SMILES string of the molecule is O=C(Cc1cccc(Br)c1)N/C(=C/c1ccc(Oc2ccccc2Br)cc1)C(=O)O. The predicted molar refractivity (Wildman–Crippen MR) is 122 cm³/mol. The fourth-order valence-electron chi connectivity index (χ4n) is 2.63. The summed E-state index contributed by atoms with van der Waals surface area (Å²) < 4.78 is 7.48. The zero-order chi connectivity index (χ0) is 21.5. The summed E-state index contributed by atoms with van der Waals surface area (Å²) in [5.74, 6) is -0.344. The molecule has 0 bridgehead atoms. The van der Waals surface area contributed by atoms with Crippen molar-refractivity contribution in [3.63, 3.8) is 0 Å². The van der Waals surface area contributed by atoms with Crippen molar-refractivity contribution in [1.29, 1.82) is 0 Å². The topological polar surface area (TPSA) is 75.6 Å². The highest BCUT2D eigenvalue weighted by Crippen LogP contribution is 2.29. The Morgan fingerprint density at radius 2 is 1.70 bits per heavy atom. The van der Waals surface area contributed by atoms with Crippen molar-refractivity contribution in [2.75, 3.05) is 0 Å². The monoisotopic (exact) mass is 529 g/mol. The van der Waals surface area contributed by atoms with Gasteiger partial charge in [-0.2, -0.15) is 0 Å². The normalized spacial score (nSPS) is 11.1. The van der Waals surface area contributed by atoms with Gasteiger partial charge in [-0.25, -0.2) is 4.79 Å². The highest BCUT2D eigenvalue weighted by atomic mass is 79.9. The summed E-state index contributed by atoms with van der Waals surface area (Å²) in [6.07, 6.45) is 1.48. The molecule has 0 saturated carbocycles. The maximum absolute atomic E-state index is 12.3. The second-order valence-corrected chi connectivity index (χ2v) is 8.09. The number of carbonyl (C=O) groups excluding carboxylic acids is 1. The Morgan fingerprint density at radius 3 is 2.37 bits per heavy atom. The third kappa shape index (κ3) is 6.30. The molecule has 0 heterocycles. The number of nitrogens with one attached hydrogen (secondary N) is 1. The molecule has 0 aliphatic carbocycles. The van der Waals surface area contributed by atoms with Crippen LogP contribution in [0.5, 0.6) is 11.5 Å². The summed E-state index contributed by atoms with van der Waals surface area (Å²) in [5, 5.41) is 11.9.